The van der Waals surface area contributed by atoms with Crippen LogP contribution in [0, 0.1) is 5.92 Å². The van der Waals surface area contributed by atoms with Gasteiger partial charge in [-0.25, -0.2) is 0 Å². The minimum absolute atomic E-state index is 0.0527. The predicted molar refractivity (Wildman–Crippen MR) is 110 cm³/mol. The van der Waals surface area contributed by atoms with E-state index in [9.17, 15) is 9.59 Å². The highest BCUT2D eigenvalue weighted by molar-refractivity contribution is 5.97. The number of benzene rings is 2. The lowest BCUT2D eigenvalue weighted by Gasteiger charge is -2.30. The minimum Gasteiger partial charge on any atom is -0.497 e. The number of carbonyl (C=O) groups excluding carboxylic acids is 2. The molecule has 2 aromatic carbocycles. The fourth-order valence-electron chi connectivity index (χ4n) is 3.41. The molecule has 1 aliphatic heterocycles. The number of ether oxygens (including phenoxy) is 1. The molecule has 0 bridgehead atoms. The standard InChI is InChI=1S/C23H28N2O3/c1-17-11-14-25(15-12-17)23(27)20-8-6-19(7-9-20)22(26)24-13-10-18-4-3-5-21(16-18)28-2/h3-9,16-17H,10-15H2,1-2H3,(H,24,26). The summed E-state index contributed by atoms with van der Waals surface area (Å²) in [6, 6.07) is 14.8. The maximum absolute atomic E-state index is 12.6. The van der Waals surface area contributed by atoms with Crippen molar-refractivity contribution in [2.75, 3.05) is 26.7 Å². The van der Waals surface area contributed by atoms with Gasteiger partial charge >= 0.3 is 0 Å². The molecule has 2 amide bonds. The van der Waals surface area contributed by atoms with Gasteiger partial charge in [0.05, 0.1) is 7.11 Å². The van der Waals surface area contributed by atoms with Crippen LogP contribution >= 0.6 is 0 Å². The Kier molecular flexibility index (Phi) is 6.69. The van der Waals surface area contributed by atoms with E-state index in [4.69, 9.17) is 4.74 Å². The van der Waals surface area contributed by atoms with E-state index in [2.05, 4.69) is 12.2 Å². The van der Waals surface area contributed by atoms with Gasteiger partial charge in [-0.05, 0) is 67.1 Å². The van der Waals surface area contributed by atoms with Gasteiger partial charge in [0.2, 0.25) is 0 Å². The largest absolute Gasteiger partial charge is 0.497 e. The first-order valence-electron chi connectivity index (χ1n) is 9.87. The van der Waals surface area contributed by atoms with Crippen LogP contribution < -0.4 is 10.1 Å². The average molecular weight is 380 g/mol. The van der Waals surface area contributed by atoms with Crippen LogP contribution in [-0.4, -0.2) is 43.5 Å². The third kappa shape index (κ3) is 5.12. The first-order valence-corrected chi connectivity index (χ1v) is 9.87. The Labute approximate surface area is 166 Å². The van der Waals surface area contributed by atoms with E-state index in [1.54, 1.807) is 31.4 Å². The highest BCUT2D eigenvalue weighted by Gasteiger charge is 2.21. The smallest absolute Gasteiger partial charge is 0.253 e. The first kappa shape index (κ1) is 19.9. The van der Waals surface area contributed by atoms with Crippen LogP contribution in [0.1, 0.15) is 46.0 Å². The van der Waals surface area contributed by atoms with Crippen LogP contribution in [0.15, 0.2) is 48.5 Å². The van der Waals surface area contributed by atoms with E-state index in [-0.39, 0.29) is 11.8 Å². The normalized spacial score (nSPS) is 14.6. The van der Waals surface area contributed by atoms with E-state index in [1.165, 1.54) is 0 Å². The molecule has 1 saturated heterocycles. The number of methoxy groups -OCH3 is 1. The van der Waals surface area contributed by atoms with Crippen LogP contribution in [0.5, 0.6) is 5.75 Å². The van der Waals surface area contributed by atoms with E-state index < -0.39 is 0 Å². The maximum Gasteiger partial charge on any atom is 0.253 e. The van der Waals surface area contributed by atoms with Crippen molar-refractivity contribution in [3.05, 3.63) is 65.2 Å². The van der Waals surface area contributed by atoms with Crippen molar-refractivity contribution in [2.24, 2.45) is 5.92 Å². The zero-order valence-electron chi connectivity index (χ0n) is 16.6. The second kappa shape index (κ2) is 9.40. The molecule has 0 aliphatic carbocycles. The van der Waals surface area contributed by atoms with Gasteiger partial charge in [0.25, 0.3) is 11.8 Å². The van der Waals surface area contributed by atoms with Gasteiger partial charge in [0.15, 0.2) is 0 Å². The zero-order chi connectivity index (χ0) is 19.9. The van der Waals surface area contributed by atoms with E-state index in [0.717, 1.165) is 43.7 Å². The Morgan fingerprint density at radius 2 is 1.75 bits per heavy atom. The molecule has 1 fully saturated rings. The van der Waals surface area contributed by atoms with Crippen molar-refractivity contribution in [3.8, 4) is 5.75 Å². The van der Waals surface area contributed by atoms with Crippen LogP contribution in [0.2, 0.25) is 0 Å². The fourth-order valence-corrected chi connectivity index (χ4v) is 3.41. The summed E-state index contributed by atoms with van der Waals surface area (Å²) in [5.41, 5.74) is 2.31. The third-order valence-electron chi connectivity index (χ3n) is 5.30. The van der Waals surface area contributed by atoms with Gasteiger partial charge in [-0.2, -0.15) is 0 Å². The second-order valence-corrected chi connectivity index (χ2v) is 7.41. The Balaban J connectivity index is 1.51. The van der Waals surface area contributed by atoms with Crippen LogP contribution in [0.3, 0.4) is 0 Å². The summed E-state index contributed by atoms with van der Waals surface area (Å²) >= 11 is 0. The van der Waals surface area contributed by atoms with Gasteiger partial charge in [-0.15, -0.1) is 0 Å². The molecule has 1 aliphatic rings. The number of rotatable bonds is 6. The number of carbonyl (C=O) groups is 2. The van der Waals surface area contributed by atoms with Gasteiger partial charge in [0, 0.05) is 30.8 Å². The number of nitrogens with zero attached hydrogens (tertiary/aromatic N) is 1. The van der Waals surface area contributed by atoms with Crippen molar-refractivity contribution >= 4 is 11.8 Å². The molecule has 0 aromatic heterocycles. The van der Waals surface area contributed by atoms with Crippen molar-refractivity contribution in [2.45, 2.75) is 26.2 Å². The topological polar surface area (TPSA) is 58.6 Å². The molecule has 5 nitrogen and oxygen atoms in total. The lowest BCUT2D eigenvalue weighted by atomic mass is 9.98. The summed E-state index contributed by atoms with van der Waals surface area (Å²) in [4.78, 5) is 26.8. The van der Waals surface area contributed by atoms with Gasteiger partial charge in [-0.3, -0.25) is 9.59 Å². The SMILES string of the molecule is COc1cccc(CCNC(=O)c2ccc(C(=O)N3CCC(C)CC3)cc2)c1. The Morgan fingerprint density at radius 3 is 2.43 bits per heavy atom. The molecule has 3 rings (SSSR count). The molecule has 0 saturated carbocycles. The number of piperidine rings is 1. The average Bonchev–Trinajstić information content (AvgIpc) is 2.74. The van der Waals surface area contributed by atoms with Gasteiger partial charge in [-0.1, -0.05) is 19.1 Å². The summed E-state index contributed by atoms with van der Waals surface area (Å²) in [5, 5.41) is 2.93. The molecule has 148 valence electrons. The first-order chi connectivity index (χ1) is 13.6. The van der Waals surface area contributed by atoms with Crippen molar-refractivity contribution in [1.82, 2.24) is 10.2 Å². The van der Waals surface area contributed by atoms with Crippen LogP contribution in [0.25, 0.3) is 0 Å². The highest BCUT2D eigenvalue weighted by Crippen LogP contribution is 2.18. The number of likely N-dealkylation sites (tertiary alicyclic amines) is 1. The lowest BCUT2D eigenvalue weighted by Crippen LogP contribution is -2.37. The number of hydrogen-bond acceptors (Lipinski definition) is 3. The molecule has 0 unspecified atom stereocenters. The molecular formula is C23H28N2O3. The molecule has 0 radical (unpaired) electrons. The third-order valence-corrected chi connectivity index (χ3v) is 5.30. The minimum atomic E-state index is -0.131. The van der Waals surface area contributed by atoms with E-state index in [0.29, 0.717) is 23.6 Å². The van der Waals surface area contributed by atoms with E-state index in [1.807, 2.05) is 29.2 Å². The second-order valence-electron chi connectivity index (χ2n) is 7.41. The lowest BCUT2D eigenvalue weighted by molar-refractivity contribution is 0.0696. The monoisotopic (exact) mass is 380 g/mol. The maximum atomic E-state index is 12.6. The van der Waals surface area contributed by atoms with Crippen LogP contribution in [0.4, 0.5) is 0 Å². The van der Waals surface area contributed by atoms with Crippen LogP contribution in [-0.2, 0) is 6.42 Å². The molecule has 0 atom stereocenters. The molecular weight excluding hydrogens is 352 g/mol. The Bertz CT molecular complexity index is 809. The summed E-state index contributed by atoms with van der Waals surface area (Å²) in [6.45, 7) is 4.39. The summed E-state index contributed by atoms with van der Waals surface area (Å²) in [7, 11) is 1.64. The van der Waals surface area contributed by atoms with Crippen molar-refractivity contribution < 1.29 is 14.3 Å². The Hall–Kier alpha value is -2.82. The summed E-state index contributed by atoms with van der Waals surface area (Å²) in [5.74, 6) is 1.42. The fraction of sp³-hybridized carbons (Fsp3) is 0.391. The molecule has 1 heterocycles. The molecule has 2 aromatic rings. The Morgan fingerprint density at radius 1 is 1.07 bits per heavy atom. The number of amides is 2. The quantitative estimate of drug-likeness (QED) is 0.834. The molecule has 0 spiro atoms. The molecule has 1 N–H and O–H groups in total. The molecule has 5 heteroatoms. The van der Waals surface area contributed by atoms with Gasteiger partial charge in [0.1, 0.15) is 5.75 Å². The number of hydrogen-bond donors (Lipinski definition) is 1. The van der Waals surface area contributed by atoms with Gasteiger partial charge < -0.3 is 15.0 Å². The highest BCUT2D eigenvalue weighted by atomic mass is 16.5. The van der Waals surface area contributed by atoms with Crippen molar-refractivity contribution in [3.63, 3.8) is 0 Å². The summed E-state index contributed by atoms with van der Waals surface area (Å²) in [6.07, 6.45) is 2.84. The zero-order valence-corrected chi connectivity index (χ0v) is 16.6. The number of nitrogens with one attached hydrogen (secondary N) is 1. The predicted octanol–water partition coefficient (Wildman–Crippen LogP) is 3.54. The van der Waals surface area contributed by atoms with E-state index >= 15 is 0 Å². The summed E-state index contributed by atoms with van der Waals surface area (Å²) < 4.78 is 5.21. The molecule has 28 heavy (non-hydrogen) atoms. The van der Waals surface area contributed by atoms with Crippen molar-refractivity contribution in [1.29, 1.82) is 0 Å².